The Labute approximate surface area is 167 Å². The van der Waals surface area contributed by atoms with Gasteiger partial charge in [-0.1, -0.05) is 19.1 Å². The van der Waals surface area contributed by atoms with Crippen LogP contribution >= 0.6 is 0 Å². The minimum Gasteiger partial charge on any atom is -0.372 e. The first-order valence-corrected chi connectivity index (χ1v) is 10.1. The molecule has 5 nitrogen and oxygen atoms in total. The van der Waals surface area contributed by atoms with Gasteiger partial charge < -0.3 is 15.1 Å². The molecule has 0 bridgehead atoms. The van der Waals surface area contributed by atoms with Gasteiger partial charge in [-0.15, -0.1) is 0 Å². The molecule has 2 aromatic carbocycles. The van der Waals surface area contributed by atoms with Gasteiger partial charge in [0.25, 0.3) is 5.91 Å². The van der Waals surface area contributed by atoms with Gasteiger partial charge in [0.1, 0.15) is 0 Å². The van der Waals surface area contributed by atoms with E-state index in [9.17, 15) is 9.59 Å². The lowest BCUT2D eigenvalue weighted by Gasteiger charge is -2.22. The molecule has 1 saturated heterocycles. The zero-order chi connectivity index (χ0) is 19.9. The van der Waals surface area contributed by atoms with Crippen LogP contribution in [0.3, 0.4) is 0 Å². The van der Waals surface area contributed by atoms with Crippen LogP contribution in [-0.2, 0) is 11.3 Å². The van der Waals surface area contributed by atoms with Gasteiger partial charge in [-0.3, -0.25) is 9.59 Å². The van der Waals surface area contributed by atoms with Crippen LogP contribution in [-0.4, -0.2) is 31.4 Å². The number of hydrogen-bond donors (Lipinski definition) is 1. The van der Waals surface area contributed by atoms with Gasteiger partial charge in [0.15, 0.2) is 0 Å². The zero-order valence-corrected chi connectivity index (χ0v) is 16.8. The molecule has 1 fully saturated rings. The molecule has 0 saturated carbocycles. The van der Waals surface area contributed by atoms with Crippen molar-refractivity contribution in [2.75, 3.05) is 29.4 Å². The van der Waals surface area contributed by atoms with Gasteiger partial charge in [0.2, 0.25) is 5.91 Å². The summed E-state index contributed by atoms with van der Waals surface area (Å²) in [5.74, 6) is 0.0817. The monoisotopic (exact) mass is 379 g/mol. The van der Waals surface area contributed by atoms with Gasteiger partial charge >= 0.3 is 0 Å². The second kappa shape index (κ2) is 9.40. The van der Waals surface area contributed by atoms with Gasteiger partial charge in [0.05, 0.1) is 0 Å². The highest BCUT2D eigenvalue weighted by atomic mass is 16.2. The molecule has 2 amide bonds. The van der Waals surface area contributed by atoms with E-state index >= 15 is 0 Å². The number of benzene rings is 2. The Bertz CT molecular complexity index is 817. The van der Waals surface area contributed by atoms with Crippen LogP contribution in [0.4, 0.5) is 11.4 Å². The number of anilines is 2. The van der Waals surface area contributed by atoms with E-state index in [1.807, 2.05) is 53.4 Å². The number of hydrogen-bond acceptors (Lipinski definition) is 3. The van der Waals surface area contributed by atoms with Crippen molar-refractivity contribution in [3.05, 3.63) is 59.7 Å². The summed E-state index contributed by atoms with van der Waals surface area (Å²) < 4.78 is 0. The summed E-state index contributed by atoms with van der Waals surface area (Å²) in [6.45, 7) is 7.48. The maximum absolute atomic E-state index is 12.5. The summed E-state index contributed by atoms with van der Waals surface area (Å²) in [7, 11) is 0. The molecule has 3 rings (SSSR count). The first kappa shape index (κ1) is 19.9. The Hall–Kier alpha value is -2.82. The largest absolute Gasteiger partial charge is 0.372 e. The first-order valence-electron chi connectivity index (χ1n) is 10.1. The lowest BCUT2D eigenvalue weighted by atomic mass is 10.1. The minimum absolute atomic E-state index is 0.0901. The van der Waals surface area contributed by atoms with Crippen molar-refractivity contribution in [1.29, 1.82) is 0 Å². The maximum atomic E-state index is 12.5. The molecular formula is C23H29N3O2. The highest BCUT2D eigenvalue weighted by Crippen LogP contribution is 2.22. The van der Waals surface area contributed by atoms with Crippen molar-refractivity contribution in [1.82, 2.24) is 5.32 Å². The smallest absolute Gasteiger partial charge is 0.251 e. The SMILES string of the molecule is CCCN(CC)c1ccc(C(=O)NCc2cccc(N3CCCC3=O)c2)cc1. The number of nitrogens with one attached hydrogen (secondary N) is 1. The Morgan fingerprint density at radius 1 is 1.14 bits per heavy atom. The molecule has 1 aliphatic heterocycles. The van der Waals surface area contributed by atoms with E-state index in [4.69, 9.17) is 0 Å². The molecule has 0 aliphatic carbocycles. The van der Waals surface area contributed by atoms with Crippen molar-refractivity contribution in [2.45, 2.75) is 39.7 Å². The number of rotatable bonds is 8. The summed E-state index contributed by atoms with van der Waals surface area (Å²) in [5.41, 5.74) is 3.70. The van der Waals surface area contributed by atoms with E-state index in [0.717, 1.165) is 49.4 Å². The standard InChI is InChI=1S/C23H29N3O2/c1-3-14-25(4-2)20-12-10-19(11-13-20)23(28)24-17-18-7-5-8-21(16-18)26-15-6-9-22(26)27/h5,7-8,10-13,16H,3-4,6,9,14-15,17H2,1-2H3,(H,24,28). The second-order valence-corrected chi connectivity index (χ2v) is 7.13. The Morgan fingerprint density at radius 2 is 1.93 bits per heavy atom. The molecule has 0 radical (unpaired) electrons. The third-order valence-corrected chi connectivity index (χ3v) is 5.12. The number of carbonyl (C=O) groups is 2. The molecule has 0 atom stereocenters. The van der Waals surface area contributed by atoms with Crippen molar-refractivity contribution >= 4 is 23.2 Å². The van der Waals surface area contributed by atoms with Crippen LogP contribution < -0.4 is 15.1 Å². The zero-order valence-electron chi connectivity index (χ0n) is 16.8. The van der Waals surface area contributed by atoms with E-state index in [1.54, 1.807) is 0 Å². The number of nitrogens with zero attached hydrogens (tertiary/aromatic N) is 2. The number of carbonyl (C=O) groups excluding carboxylic acids is 2. The predicted octanol–water partition coefficient (Wildman–Crippen LogP) is 3.98. The summed E-state index contributed by atoms with van der Waals surface area (Å²) >= 11 is 0. The Balaban J connectivity index is 1.60. The Kier molecular flexibility index (Phi) is 6.69. The molecule has 5 heteroatoms. The maximum Gasteiger partial charge on any atom is 0.251 e. The molecule has 2 aromatic rings. The highest BCUT2D eigenvalue weighted by molar-refractivity contribution is 5.95. The third kappa shape index (κ3) is 4.71. The molecule has 1 N–H and O–H groups in total. The normalized spacial score (nSPS) is 13.6. The minimum atomic E-state index is -0.0901. The molecule has 28 heavy (non-hydrogen) atoms. The molecular weight excluding hydrogens is 350 g/mol. The molecule has 0 aromatic heterocycles. The fourth-order valence-electron chi connectivity index (χ4n) is 3.60. The van der Waals surface area contributed by atoms with Crippen LogP contribution in [0.15, 0.2) is 48.5 Å². The first-order chi connectivity index (χ1) is 13.6. The summed E-state index contributed by atoms with van der Waals surface area (Å²) in [6.07, 6.45) is 2.62. The number of amides is 2. The molecule has 0 spiro atoms. The average Bonchev–Trinajstić information content (AvgIpc) is 3.16. The van der Waals surface area contributed by atoms with Gasteiger partial charge in [0, 0.05) is 49.5 Å². The highest BCUT2D eigenvalue weighted by Gasteiger charge is 2.21. The summed E-state index contributed by atoms with van der Waals surface area (Å²) in [6, 6.07) is 15.6. The van der Waals surface area contributed by atoms with Crippen LogP contribution in [0, 0.1) is 0 Å². The molecule has 1 aliphatic rings. The lowest BCUT2D eigenvalue weighted by Crippen LogP contribution is -2.25. The van der Waals surface area contributed by atoms with E-state index in [-0.39, 0.29) is 11.8 Å². The van der Waals surface area contributed by atoms with E-state index in [1.165, 1.54) is 0 Å². The van der Waals surface area contributed by atoms with Crippen LogP contribution in [0.5, 0.6) is 0 Å². The lowest BCUT2D eigenvalue weighted by molar-refractivity contribution is -0.117. The van der Waals surface area contributed by atoms with Crippen LogP contribution in [0.2, 0.25) is 0 Å². The van der Waals surface area contributed by atoms with E-state index in [2.05, 4.69) is 24.1 Å². The van der Waals surface area contributed by atoms with Gasteiger partial charge in [-0.2, -0.15) is 0 Å². The fraction of sp³-hybridized carbons (Fsp3) is 0.391. The molecule has 148 valence electrons. The summed E-state index contributed by atoms with van der Waals surface area (Å²) in [4.78, 5) is 28.5. The molecule has 0 unspecified atom stereocenters. The van der Waals surface area contributed by atoms with Crippen LogP contribution in [0.1, 0.15) is 49.0 Å². The fourth-order valence-corrected chi connectivity index (χ4v) is 3.60. The average molecular weight is 380 g/mol. The Morgan fingerprint density at radius 3 is 2.57 bits per heavy atom. The predicted molar refractivity (Wildman–Crippen MR) is 114 cm³/mol. The second-order valence-electron chi connectivity index (χ2n) is 7.13. The van der Waals surface area contributed by atoms with Gasteiger partial charge in [-0.25, -0.2) is 0 Å². The topological polar surface area (TPSA) is 52.7 Å². The van der Waals surface area contributed by atoms with Crippen molar-refractivity contribution in [3.8, 4) is 0 Å². The van der Waals surface area contributed by atoms with Crippen molar-refractivity contribution in [2.24, 2.45) is 0 Å². The summed E-state index contributed by atoms with van der Waals surface area (Å²) in [5, 5.41) is 2.98. The van der Waals surface area contributed by atoms with Crippen molar-refractivity contribution < 1.29 is 9.59 Å². The van der Waals surface area contributed by atoms with Crippen LogP contribution in [0.25, 0.3) is 0 Å². The van der Waals surface area contributed by atoms with Gasteiger partial charge in [-0.05, 0) is 61.7 Å². The quantitative estimate of drug-likeness (QED) is 0.755. The third-order valence-electron chi connectivity index (χ3n) is 5.12. The van der Waals surface area contributed by atoms with Crippen molar-refractivity contribution in [3.63, 3.8) is 0 Å². The van der Waals surface area contributed by atoms with E-state index in [0.29, 0.717) is 18.5 Å². The van der Waals surface area contributed by atoms with E-state index < -0.39 is 0 Å². The molecule has 1 heterocycles.